The van der Waals surface area contributed by atoms with Gasteiger partial charge in [0.1, 0.15) is 0 Å². The molecule has 0 N–H and O–H groups in total. The molecule has 0 radical (unpaired) electrons. The monoisotopic (exact) mass is 816 g/mol. The molecule has 0 spiro atoms. The Kier molecular flexibility index (Phi) is 5.76. The van der Waals surface area contributed by atoms with Crippen molar-refractivity contribution < 1.29 is 25.8 Å². The van der Waals surface area contributed by atoms with Gasteiger partial charge in [-0.2, -0.15) is 0 Å². The molecule has 0 saturated carbocycles. The second-order valence-electron chi connectivity index (χ2n) is 6.26. The Morgan fingerprint density at radius 2 is 1.11 bits per heavy atom. The van der Waals surface area contributed by atoms with Gasteiger partial charge in [0, 0.05) is 0 Å². The average molecular weight is 813 g/mol. The van der Waals surface area contributed by atoms with Gasteiger partial charge in [0.25, 0.3) is 0 Å². The Labute approximate surface area is 164 Å². The standard InChI is InChI=1S/2C8H10.Hf.2Pb.8H/c2*1-6-4-5-7(2)8(6)3;;;;;;;;;;;/h2*6H,1-3H3;;;;;;;;;;;/q;;+2;;;;;;;;;2*-1. The van der Waals surface area contributed by atoms with Crippen LogP contribution in [0.1, 0.15) is 44.4 Å². The van der Waals surface area contributed by atoms with Crippen LogP contribution < -0.4 is 0 Å². The molecule has 19 heavy (non-hydrogen) atoms. The molecule has 0 bridgehead atoms. The van der Waals surface area contributed by atoms with E-state index in [4.69, 9.17) is 0 Å². The average Bonchev–Trinajstić information content (AvgIpc) is 2.68. The van der Waals surface area contributed by atoms with Gasteiger partial charge in [-0.25, -0.2) is 0 Å². The van der Waals surface area contributed by atoms with Crippen LogP contribution in [0.5, 0.6) is 0 Å². The summed E-state index contributed by atoms with van der Waals surface area (Å²) in [6.45, 7) is 14.5. The van der Waals surface area contributed by atoms with Crippen molar-refractivity contribution in [3.63, 3.8) is 0 Å². The molecule has 2 unspecified atom stereocenters. The second kappa shape index (κ2) is 6.43. The molecular formula is C16H28HfPb2. The topological polar surface area (TPSA) is 0 Å². The number of rotatable bonds is 2. The Hall–Kier alpha value is 1.67. The molecule has 0 nitrogen and oxygen atoms in total. The maximum absolute atomic E-state index is 2.47. The summed E-state index contributed by atoms with van der Waals surface area (Å²) in [4.78, 5) is 0. The quantitative estimate of drug-likeness (QED) is 0.377. The van der Waals surface area contributed by atoms with E-state index in [0.717, 1.165) is 11.8 Å². The summed E-state index contributed by atoms with van der Waals surface area (Å²) in [6.07, 6.45) is 0. The van der Waals surface area contributed by atoms with Crippen LogP contribution in [0.2, 0.25) is 0 Å². The van der Waals surface area contributed by atoms with E-state index in [1.165, 1.54) is 0 Å². The van der Waals surface area contributed by atoms with Gasteiger partial charge in [0.05, 0.1) is 0 Å². The summed E-state index contributed by atoms with van der Waals surface area (Å²) in [5, 5.41) is 0. The number of hydrogen-bond donors (Lipinski definition) is 0. The van der Waals surface area contributed by atoms with Gasteiger partial charge in [-0.3, -0.25) is 0 Å². The van der Waals surface area contributed by atoms with E-state index >= 15 is 0 Å². The fourth-order valence-corrected chi connectivity index (χ4v) is 24.5. The van der Waals surface area contributed by atoms with Crippen LogP contribution in [0.4, 0.5) is 0 Å². The maximum Gasteiger partial charge on any atom is -1.00 e. The van der Waals surface area contributed by atoms with Crippen molar-refractivity contribution in [1.29, 1.82) is 0 Å². The number of hydrogen-bond acceptors (Lipinski definition) is 0. The van der Waals surface area contributed by atoms with E-state index in [2.05, 4.69) is 41.5 Å². The molecule has 2 aliphatic rings. The van der Waals surface area contributed by atoms with Crippen molar-refractivity contribution >= 4 is 51.5 Å². The molecule has 0 aliphatic heterocycles. The first-order chi connectivity index (χ1) is 8.77. The zero-order valence-corrected chi connectivity index (χ0v) is 32.8. The first-order valence-corrected chi connectivity index (χ1v) is 18.7. The molecule has 2 atom stereocenters. The van der Waals surface area contributed by atoms with Crippen molar-refractivity contribution in [2.75, 3.05) is 0 Å². The fourth-order valence-electron chi connectivity index (χ4n) is 3.28. The molecule has 0 aromatic rings. The normalized spacial score (nSPS) is 28.3. The zero-order chi connectivity index (χ0) is 14.5. The maximum atomic E-state index is 2.47. The Bertz CT molecular complexity index is 521. The van der Waals surface area contributed by atoms with Gasteiger partial charge in [0.15, 0.2) is 0 Å². The van der Waals surface area contributed by atoms with Crippen LogP contribution in [-0.4, -0.2) is 51.5 Å². The van der Waals surface area contributed by atoms with Crippen LogP contribution in [0, 0.1) is 11.8 Å². The summed E-state index contributed by atoms with van der Waals surface area (Å²) >= 11 is 0.426. The third kappa shape index (κ3) is 2.95. The van der Waals surface area contributed by atoms with Crippen LogP contribution in [0.3, 0.4) is 0 Å². The van der Waals surface area contributed by atoms with Gasteiger partial charge in [-0.15, -0.1) is 0 Å². The molecule has 0 fully saturated rings. The molecule has 3 heteroatoms. The molecule has 0 amide bonds. The van der Waals surface area contributed by atoms with E-state index in [1.807, 2.05) is 12.9 Å². The molecule has 2 aliphatic carbocycles. The molecule has 104 valence electrons. The molecule has 0 heterocycles. The third-order valence-electron chi connectivity index (χ3n) is 5.55. The summed E-state index contributed by atoms with van der Waals surface area (Å²) in [5.41, 5.74) is 6.75. The first kappa shape index (κ1) is 17.0. The van der Waals surface area contributed by atoms with Crippen LogP contribution in [-0.2, 0) is 22.9 Å². The van der Waals surface area contributed by atoms with Gasteiger partial charge in [-0.1, -0.05) is 0 Å². The minimum absolute atomic E-state index is 0. The van der Waals surface area contributed by atoms with Crippen molar-refractivity contribution in [1.82, 2.24) is 0 Å². The summed E-state index contributed by atoms with van der Waals surface area (Å²) in [6, 6.07) is 0. The SMILES string of the molecule is CC1=C(C)C(C)[C]([Hf+2][C]2=[C]([PbH3])C(C)=C(C)C2C)=[C]1[PbH3].[H-].[H-]. The van der Waals surface area contributed by atoms with Crippen LogP contribution in [0.15, 0.2) is 35.2 Å². The molecule has 0 saturated heterocycles. The smallest absolute Gasteiger partial charge is 1.00 e. The van der Waals surface area contributed by atoms with E-state index in [-0.39, 0.29) is 2.85 Å². The molecular weight excluding hydrogens is 785 g/mol. The Morgan fingerprint density at radius 1 is 0.789 bits per heavy atom. The molecule has 0 aromatic heterocycles. The van der Waals surface area contributed by atoms with Gasteiger partial charge >= 0.3 is 163 Å². The van der Waals surface area contributed by atoms with E-state index in [0.29, 0.717) is 51.5 Å². The van der Waals surface area contributed by atoms with E-state index < -0.39 is 22.9 Å². The summed E-state index contributed by atoms with van der Waals surface area (Å²) < 4.78 is 7.71. The second-order valence-corrected chi connectivity index (χ2v) is 18.8. The fraction of sp³-hybridized carbons (Fsp3) is 0.500. The van der Waals surface area contributed by atoms with Crippen molar-refractivity contribution in [3.8, 4) is 0 Å². The predicted octanol–water partition coefficient (Wildman–Crippen LogP) is 2.42. The first-order valence-electron chi connectivity index (χ1n) is 7.31. The van der Waals surface area contributed by atoms with E-state index in [9.17, 15) is 0 Å². The summed E-state index contributed by atoms with van der Waals surface area (Å²) in [5.74, 6) is 1.60. The van der Waals surface area contributed by atoms with Crippen molar-refractivity contribution in [3.05, 3.63) is 35.2 Å². The van der Waals surface area contributed by atoms with Crippen LogP contribution >= 0.6 is 0 Å². The largest absolute Gasteiger partial charge is 1.00 e. The zero-order valence-electron chi connectivity index (χ0n) is 15.7. The van der Waals surface area contributed by atoms with Crippen molar-refractivity contribution in [2.45, 2.75) is 41.5 Å². The minimum Gasteiger partial charge on any atom is -1.00 e. The predicted molar refractivity (Wildman–Crippen MR) is 91.2 cm³/mol. The minimum atomic E-state index is -0.745. The Morgan fingerprint density at radius 3 is 1.32 bits per heavy atom. The molecule has 2 rings (SSSR count). The summed E-state index contributed by atoms with van der Waals surface area (Å²) in [7, 11) is 0. The van der Waals surface area contributed by atoms with Gasteiger partial charge in [-0.05, 0) is 0 Å². The van der Waals surface area contributed by atoms with Gasteiger partial charge < -0.3 is 2.85 Å². The van der Waals surface area contributed by atoms with Gasteiger partial charge in [0.2, 0.25) is 0 Å². The Balaban J connectivity index is 0.00000200. The van der Waals surface area contributed by atoms with Crippen LogP contribution in [0.25, 0.3) is 0 Å². The number of allylic oxidation sites excluding steroid dienone is 8. The third-order valence-corrected chi connectivity index (χ3v) is 37.3. The van der Waals surface area contributed by atoms with Crippen molar-refractivity contribution in [2.24, 2.45) is 11.8 Å². The van der Waals surface area contributed by atoms with E-state index in [1.54, 1.807) is 22.3 Å². The molecule has 0 aromatic carbocycles.